The number of carboxylic acids is 1. The second-order valence-corrected chi connectivity index (χ2v) is 8.44. The first-order valence-corrected chi connectivity index (χ1v) is 11.6. The molecule has 0 fully saturated rings. The molecule has 4 N–H and O–H groups in total. The van der Waals surface area contributed by atoms with Crippen LogP contribution in [0.2, 0.25) is 5.02 Å². The van der Waals surface area contributed by atoms with Gasteiger partial charge in [0.2, 0.25) is 0 Å². The SMILES string of the molecule is COc1cc2c(Oc3ccc(NC(=O)c4ccc(Cl)cc4)cc3)ccnc2cc1OCC[C@H](N)C(=O)O. The van der Waals surface area contributed by atoms with E-state index in [0.717, 1.165) is 0 Å². The Morgan fingerprint density at radius 3 is 2.43 bits per heavy atom. The second kappa shape index (κ2) is 11.6. The van der Waals surface area contributed by atoms with Crippen LogP contribution >= 0.6 is 11.6 Å². The van der Waals surface area contributed by atoms with Crippen LogP contribution in [0.3, 0.4) is 0 Å². The fourth-order valence-corrected chi connectivity index (χ4v) is 3.57. The fraction of sp³-hybridized carbons (Fsp3) is 0.148. The summed E-state index contributed by atoms with van der Waals surface area (Å²) in [7, 11) is 1.50. The van der Waals surface area contributed by atoms with E-state index in [0.29, 0.717) is 50.2 Å². The lowest BCUT2D eigenvalue weighted by Crippen LogP contribution is -2.31. The molecule has 1 atom stereocenters. The molecule has 37 heavy (non-hydrogen) atoms. The molecule has 0 saturated carbocycles. The molecule has 9 nitrogen and oxygen atoms in total. The summed E-state index contributed by atoms with van der Waals surface area (Å²) in [6.45, 7) is 0.104. The molecule has 190 valence electrons. The lowest BCUT2D eigenvalue weighted by Gasteiger charge is -2.15. The summed E-state index contributed by atoms with van der Waals surface area (Å²) in [6.07, 6.45) is 1.75. The van der Waals surface area contributed by atoms with Crippen LogP contribution in [0, 0.1) is 0 Å². The van der Waals surface area contributed by atoms with Crippen molar-refractivity contribution < 1.29 is 28.9 Å². The number of carbonyl (C=O) groups excluding carboxylic acids is 1. The maximum Gasteiger partial charge on any atom is 0.320 e. The minimum absolute atomic E-state index is 0.104. The molecule has 1 aromatic heterocycles. The number of aliphatic carboxylic acids is 1. The summed E-state index contributed by atoms with van der Waals surface area (Å²) in [5.74, 6) is 0.613. The molecule has 0 aliphatic heterocycles. The molecule has 4 rings (SSSR count). The van der Waals surface area contributed by atoms with Gasteiger partial charge in [-0.05, 0) is 60.7 Å². The van der Waals surface area contributed by atoms with Gasteiger partial charge in [-0.3, -0.25) is 14.6 Å². The number of ether oxygens (including phenoxy) is 3. The van der Waals surface area contributed by atoms with Gasteiger partial charge in [-0.25, -0.2) is 0 Å². The number of rotatable bonds is 10. The highest BCUT2D eigenvalue weighted by molar-refractivity contribution is 6.30. The Morgan fingerprint density at radius 1 is 1.03 bits per heavy atom. The minimum atomic E-state index is -1.09. The predicted octanol–water partition coefficient (Wildman–Crippen LogP) is 5.12. The summed E-state index contributed by atoms with van der Waals surface area (Å²) >= 11 is 5.88. The predicted molar refractivity (Wildman–Crippen MR) is 140 cm³/mol. The summed E-state index contributed by atoms with van der Waals surface area (Å²) in [5, 5.41) is 13.0. The van der Waals surface area contributed by atoms with Crippen molar-refractivity contribution in [3.05, 3.63) is 83.5 Å². The highest BCUT2D eigenvalue weighted by Crippen LogP contribution is 2.37. The standard InChI is InChI=1S/C27H24ClN3O6/c1-35-24-14-20-22(15-25(24)36-13-11-21(29)27(33)34)30-12-10-23(20)37-19-8-6-18(7-9-19)31-26(32)16-2-4-17(28)5-3-16/h2-10,12,14-15,21H,11,13,29H2,1H3,(H,31,32)(H,33,34)/t21-/m0/s1. The Balaban J connectivity index is 1.47. The molecule has 0 aliphatic carbocycles. The van der Waals surface area contributed by atoms with Gasteiger partial charge in [0.1, 0.15) is 17.5 Å². The number of hydrogen-bond donors (Lipinski definition) is 3. The zero-order chi connectivity index (χ0) is 26.4. The van der Waals surface area contributed by atoms with Gasteiger partial charge >= 0.3 is 5.97 Å². The van der Waals surface area contributed by atoms with E-state index in [1.54, 1.807) is 72.9 Å². The van der Waals surface area contributed by atoms with Crippen molar-refractivity contribution in [2.24, 2.45) is 5.73 Å². The van der Waals surface area contributed by atoms with Crippen LogP contribution in [0.1, 0.15) is 16.8 Å². The first kappa shape index (κ1) is 25.7. The van der Waals surface area contributed by atoms with Crippen molar-refractivity contribution in [2.45, 2.75) is 12.5 Å². The highest BCUT2D eigenvalue weighted by atomic mass is 35.5. The van der Waals surface area contributed by atoms with Crippen LogP contribution in [0.15, 0.2) is 72.9 Å². The molecule has 0 bridgehead atoms. The van der Waals surface area contributed by atoms with Gasteiger partial charge in [0.15, 0.2) is 11.5 Å². The van der Waals surface area contributed by atoms with E-state index in [1.807, 2.05) is 0 Å². The van der Waals surface area contributed by atoms with Gasteiger partial charge in [0.25, 0.3) is 5.91 Å². The van der Waals surface area contributed by atoms with Gasteiger partial charge < -0.3 is 30.4 Å². The van der Waals surface area contributed by atoms with Gasteiger partial charge in [-0.2, -0.15) is 0 Å². The highest BCUT2D eigenvalue weighted by Gasteiger charge is 2.15. The number of benzene rings is 3. The van der Waals surface area contributed by atoms with Gasteiger partial charge in [0, 0.05) is 40.3 Å². The number of hydrogen-bond acceptors (Lipinski definition) is 7. The first-order chi connectivity index (χ1) is 17.8. The topological polar surface area (TPSA) is 133 Å². The number of nitrogens with two attached hydrogens (primary N) is 1. The smallest absolute Gasteiger partial charge is 0.320 e. The number of halogens is 1. The number of carboxylic acid groups (broad SMARTS) is 1. The van der Waals surface area contributed by atoms with Gasteiger partial charge in [-0.1, -0.05) is 11.6 Å². The van der Waals surface area contributed by atoms with Crippen molar-refractivity contribution >= 4 is 40.1 Å². The number of anilines is 1. The van der Waals surface area contributed by atoms with E-state index in [4.69, 9.17) is 36.7 Å². The second-order valence-electron chi connectivity index (χ2n) is 8.00. The number of pyridine rings is 1. The average Bonchev–Trinajstić information content (AvgIpc) is 2.89. The quantitative estimate of drug-likeness (QED) is 0.262. The number of fused-ring (bicyclic) bond motifs is 1. The van der Waals surface area contributed by atoms with Crippen LogP contribution in [-0.4, -0.2) is 41.7 Å². The van der Waals surface area contributed by atoms with Crippen LogP contribution in [-0.2, 0) is 4.79 Å². The van der Waals surface area contributed by atoms with E-state index in [-0.39, 0.29) is 18.9 Å². The third kappa shape index (κ3) is 6.46. The van der Waals surface area contributed by atoms with Crippen LogP contribution < -0.4 is 25.3 Å². The van der Waals surface area contributed by atoms with Crippen LogP contribution in [0.5, 0.6) is 23.0 Å². The first-order valence-electron chi connectivity index (χ1n) is 11.3. The summed E-state index contributed by atoms with van der Waals surface area (Å²) in [6, 6.07) is 17.7. The van der Waals surface area contributed by atoms with Gasteiger partial charge in [-0.15, -0.1) is 0 Å². The largest absolute Gasteiger partial charge is 0.493 e. The third-order valence-electron chi connectivity index (χ3n) is 5.44. The zero-order valence-corrected chi connectivity index (χ0v) is 20.6. The van der Waals surface area contributed by atoms with Crippen LogP contribution in [0.25, 0.3) is 10.9 Å². The zero-order valence-electron chi connectivity index (χ0n) is 19.8. The van der Waals surface area contributed by atoms with Crippen molar-refractivity contribution in [1.29, 1.82) is 0 Å². The number of nitrogens with one attached hydrogen (secondary N) is 1. The van der Waals surface area contributed by atoms with E-state index in [9.17, 15) is 9.59 Å². The Morgan fingerprint density at radius 2 is 1.76 bits per heavy atom. The Labute approximate surface area is 217 Å². The van der Waals surface area contributed by atoms with Crippen molar-refractivity contribution in [3.63, 3.8) is 0 Å². The third-order valence-corrected chi connectivity index (χ3v) is 5.69. The lowest BCUT2D eigenvalue weighted by atomic mass is 10.1. The number of carbonyl (C=O) groups is 2. The summed E-state index contributed by atoms with van der Waals surface area (Å²) < 4.78 is 17.2. The molecule has 0 aliphatic rings. The molecule has 3 aromatic carbocycles. The summed E-state index contributed by atoms with van der Waals surface area (Å²) in [4.78, 5) is 27.7. The van der Waals surface area contributed by atoms with E-state index >= 15 is 0 Å². The molecule has 10 heteroatoms. The van der Waals surface area contributed by atoms with Crippen molar-refractivity contribution in [1.82, 2.24) is 4.98 Å². The normalized spacial score (nSPS) is 11.5. The number of nitrogens with zero attached hydrogens (tertiary/aromatic N) is 1. The molecule has 0 spiro atoms. The molecular formula is C27H24ClN3O6. The monoisotopic (exact) mass is 521 g/mol. The van der Waals surface area contributed by atoms with E-state index in [1.165, 1.54) is 7.11 Å². The minimum Gasteiger partial charge on any atom is -0.493 e. The molecule has 1 heterocycles. The molecule has 0 unspecified atom stereocenters. The number of methoxy groups -OCH3 is 1. The van der Waals surface area contributed by atoms with Crippen molar-refractivity contribution in [2.75, 3.05) is 19.0 Å². The molecule has 0 radical (unpaired) electrons. The Hall–Kier alpha value is -4.34. The summed E-state index contributed by atoms with van der Waals surface area (Å²) in [5.41, 5.74) is 7.24. The molecule has 1 amide bonds. The molecule has 4 aromatic rings. The van der Waals surface area contributed by atoms with Crippen molar-refractivity contribution in [3.8, 4) is 23.0 Å². The Bertz CT molecular complexity index is 1410. The van der Waals surface area contributed by atoms with Crippen LogP contribution in [0.4, 0.5) is 5.69 Å². The number of aromatic nitrogens is 1. The lowest BCUT2D eigenvalue weighted by molar-refractivity contribution is -0.138. The van der Waals surface area contributed by atoms with E-state index in [2.05, 4.69) is 10.3 Å². The maximum atomic E-state index is 12.4. The number of amides is 1. The van der Waals surface area contributed by atoms with Gasteiger partial charge in [0.05, 0.1) is 19.2 Å². The molecular weight excluding hydrogens is 498 g/mol. The average molecular weight is 522 g/mol. The fourth-order valence-electron chi connectivity index (χ4n) is 3.45. The van der Waals surface area contributed by atoms with E-state index < -0.39 is 12.0 Å². The Kier molecular flexibility index (Phi) is 8.07. The molecule has 0 saturated heterocycles. The maximum absolute atomic E-state index is 12.4.